The van der Waals surface area contributed by atoms with Gasteiger partial charge in [0.15, 0.2) is 0 Å². The summed E-state index contributed by atoms with van der Waals surface area (Å²) in [6.07, 6.45) is 3.15. The molecule has 0 aliphatic rings. The van der Waals surface area contributed by atoms with Crippen molar-refractivity contribution in [1.29, 1.82) is 0 Å². The Hall–Kier alpha value is -1.27. The summed E-state index contributed by atoms with van der Waals surface area (Å²) in [5.41, 5.74) is 5.75. The van der Waals surface area contributed by atoms with Gasteiger partial charge in [-0.25, -0.2) is 9.97 Å². The molecule has 16 heavy (non-hydrogen) atoms. The van der Waals surface area contributed by atoms with Crippen molar-refractivity contribution < 1.29 is 4.74 Å². The Morgan fingerprint density at radius 1 is 1.50 bits per heavy atom. The van der Waals surface area contributed by atoms with Gasteiger partial charge in [-0.1, -0.05) is 12.2 Å². The number of nitrogens with one attached hydrogen (secondary N) is 1. The topological polar surface area (TPSA) is 73.1 Å². The van der Waals surface area contributed by atoms with Crippen LogP contribution in [0.1, 0.15) is 19.5 Å². The third-order valence-electron chi connectivity index (χ3n) is 1.88. The van der Waals surface area contributed by atoms with E-state index in [1.165, 1.54) is 0 Å². The predicted molar refractivity (Wildman–Crippen MR) is 67.5 cm³/mol. The maximum atomic E-state index is 5.43. The third kappa shape index (κ3) is 3.71. The van der Waals surface area contributed by atoms with Crippen LogP contribution in [-0.2, 0) is 4.74 Å². The van der Waals surface area contributed by atoms with Crippen LogP contribution < -0.4 is 11.1 Å². The fraction of sp³-hybridized carbons (Fsp3) is 0.500. The van der Waals surface area contributed by atoms with Gasteiger partial charge in [0, 0.05) is 7.11 Å². The maximum Gasteiger partial charge on any atom is 0.145 e. The summed E-state index contributed by atoms with van der Waals surface area (Å²) >= 11 is 4.79. The summed E-state index contributed by atoms with van der Waals surface area (Å²) < 4.78 is 5.09. The van der Waals surface area contributed by atoms with Crippen LogP contribution >= 0.6 is 12.2 Å². The average molecular weight is 240 g/mol. The van der Waals surface area contributed by atoms with Gasteiger partial charge in [0.05, 0.1) is 24.5 Å². The highest BCUT2D eigenvalue weighted by Crippen LogP contribution is 2.11. The lowest BCUT2D eigenvalue weighted by atomic mass is 10.1. The molecule has 3 N–H and O–H groups in total. The predicted octanol–water partition coefficient (Wildman–Crippen LogP) is 0.948. The second kappa shape index (κ2) is 5.18. The Morgan fingerprint density at radius 2 is 2.19 bits per heavy atom. The molecule has 1 heterocycles. The molecule has 0 aliphatic carbocycles. The van der Waals surface area contributed by atoms with Gasteiger partial charge >= 0.3 is 0 Å². The summed E-state index contributed by atoms with van der Waals surface area (Å²) in [6, 6.07) is 0. The van der Waals surface area contributed by atoms with E-state index in [4.69, 9.17) is 22.7 Å². The van der Waals surface area contributed by atoms with E-state index in [1.54, 1.807) is 19.5 Å². The number of hydrogen-bond acceptors (Lipinski definition) is 5. The molecular formula is C10H16N4OS. The third-order valence-corrected chi connectivity index (χ3v) is 2.09. The molecular weight excluding hydrogens is 224 g/mol. The monoisotopic (exact) mass is 240 g/mol. The highest BCUT2D eigenvalue weighted by Gasteiger charge is 2.17. The van der Waals surface area contributed by atoms with Crippen molar-refractivity contribution in [2.75, 3.05) is 19.0 Å². The molecule has 0 amide bonds. The van der Waals surface area contributed by atoms with Crippen LogP contribution in [0, 0.1) is 0 Å². The summed E-state index contributed by atoms with van der Waals surface area (Å²) in [7, 11) is 1.66. The molecule has 88 valence electrons. The molecule has 0 radical (unpaired) electrons. The molecule has 1 rings (SSSR count). The fourth-order valence-corrected chi connectivity index (χ4v) is 1.37. The lowest BCUT2D eigenvalue weighted by Crippen LogP contribution is -2.36. The molecule has 1 aromatic rings. The largest absolute Gasteiger partial charge is 0.388 e. The normalized spacial score (nSPS) is 11.2. The van der Waals surface area contributed by atoms with Crippen molar-refractivity contribution in [2.45, 2.75) is 19.4 Å². The average Bonchev–Trinajstić information content (AvgIpc) is 2.17. The zero-order chi connectivity index (χ0) is 12.2. The first-order valence-corrected chi connectivity index (χ1v) is 5.24. The van der Waals surface area contributed by atoms with Crippen LogP contribution in [0.15, 0.2) is 12.4 Å². The molecule has 0 atom stereocenters. The smallest absolute Gasteiger partial charge is 0.145 e. The van der Waals surface area contributed by atoms with E-state index in [2.05, 4.69) is 15.3 Å². The van der Waals surface area contributed by atoms with Crippen molar-refractivity contribution in [2.24, 2.45) is 5.73 Å². The first-order chi connectivity index (χ1) is 7.44. The molecule has 0 bridgehead atoms. The van der Waals surface area contributed by atoms with Gasteiger partial charge in [0.2, 0.25) is 0 Å². The van der Waals surface area contributed by atoms with Crippen LogP contribution in [0.3, 0.4) is 0 Å². The highest BCUT2D eigenvalue weighted by atomic mass is 32.1. The zero-order valence-electron chi connectivity index (χ0n) is 9.65. The van der Waals surface area contributed by atoms with E-state index in [0.29, 0.717) is 18.1 Å². The van der Waals surface area contributed by atoms with Crippen LogP contribution in [0.5, 0.6) is 0 Å². The lowest BCUT2D eigenvalue weighted by molar-refractivity contribution is 0.158. The van der Waals surface area contributed by atoms with E-state index in [0.717, 1.165) is 0 Å². The van der Waals surface area contributed by atoms with Crippen molar-refractivity contribution in [3.63, 3.8) is 0 Å². The fourth-order valence-electron chi connectivity index (χ4n) is 1.26. The summed E-state index contributed by atoms with van der Waals surface area (Å²) in [4.78, 5) is 8.51. The van der Waals surface area contributed by atoms with Crippen molar-refractivity contribution in [3.05, 3.63) is 18.1 Å². The number of ether oxygens (including phenoxy) is 1. The molecule has 0 saturated carbocycles. The second-order valence-corrected chi connectivity index (χ2v) is 4.53. The van der Waals surface area contributed by atoms with E-state index in [1.807, 2.05) is 13.8 Å². The van der Waals surface area contributed by atoms with Crippen LogP contribution in [0.2, 0.25) is 0 Å². The van der Waals surface area contributed by atoms with Crippen molar-refractivity contribution in [1.82, 2.24) is 9.97 Å². The van der Waals surface area contributed by atoms with Gasteiger partial charge in [0.1, 0.15) is 16.5 Å². The molecule has 0 aliphatic heterocycles. The maximum absolute atomic E-state index is 5.43. The molecule has 0 saturated heterocycles. The molecule has 0 spiro atoms. The minimum Gasteiger partial charge on any atom is -0.388 e. The highest BCUT2D eigenvalue weighted by molar-refractivity contribution is 7.80. The minimum absolute atomic E-state index is 0.200. The number of nitrogens with two attached hydrogens (primary N) is 1. The number of rotatable bonds is 5. The Labute approximate surface area is 100 Å². The van der Waals surface area contributed by atoms with Gasteiger partial charge in [-0.3, -0.25) is 0 Å². The van der Waals surface area contributed by atoms with Gasteiger partial charge in [0.25, 0.3) is 0 Å². The number of anilines is 1. The Bertz CT molecular complexity index is 364. The number of nitrogens with zero attached hydrogens (tertiary/aromatic N) is 2. The van der Waals surface area contributed by atoms with Gasteiger partial charge in [-0.2, -0.15) is 0 Å². The van der Waals surface area contributed by atoms with Crippen LogP contribution in [-0.4, -0.2) is 34.2 Å². The molecule has 5 nitrogen and oxygen atoms in total. The molecule has 0 fully saturated rings. The van der Waals surface area contributed by atoms with Gasteiger partial charge in [-0.15, -0.1) is 0 Å². The molecule has 0 unspecified atom stereocenters. The number of methoxy groups -OCH3 is 1. The standard InChI is InChI=1S/C10H16N4OS/c1-10(2,6-15-3)14-8-5-12-7(4-13-8)9(11)16/h4-5H,6H2,1-3H3,(H2,11,16)(H,13,14). The van der Waals surface area contributed by atoms with E-state index in [9.17, 15) is 0 Å². The molecule has 6 heteroatoms. The zero-order valence-corrected chi connectivity index (χ0v) is 10.5. The number of hydrogen-bond donors (Lipinski definition) is 2. The van der Waals surface area contributed by atoms with E-state index < -0.39 is 0 Å². The summed E-state index contributed by atoms with van der Waals surface area (Å²) in [5.74, 6) is 0.669. The van der Waals surface area contributed by atoms with Crippen LogP contribution in [0.4, 0.5) is 5.82 Å². The second-order valence-electron chi connectivity index (χ2n) is 4.09. The van der Waals surface area contributed by atoms with Gasteiger partial charge < -0.3 is 15.8 Å². The molecule has 0 aromatic carbocycles. The van der Waals surface area contributed by atoms with E-state index in [-0.39, 0.29) is 10.5 Å². The number of aromatic nitrogens is 2. The summed E-state index contributed by atoms with van der Waals surface area (Å²) in [6.45, 7) is 4.60. The van der Waals surface area contributed by atoms with Crippen molar-refractivity contribution >= 4 is 23.0 Å². The first-order valence-electron chi connectivity index (χ1n) is 4.83. The van der Waals surface area contributed by atoms with Crippen molar-refractivity contribution in [3.8, 4) is 0 Å². The lowest BCUT2D eigenvalue weighted by Gasteiger charge is -2.25. The quantitative estimate of drug-likeness (QED) is 0.746. The Kier molecular flexibility index (Phi) is 4.14. The van der Waals surface area contributed by atoms with Crippen LogP contribution in [0.25, 0.3) is 0 Å². The minimum atomic E-state index is -0.200. The Morgan fingerprint density at radius 3 is 2.62 bits per heavy atom. The molecule has 1 aromatic heterocycles. The summed E-state index contributed by atoms with van der Waals surface area (Å²) in [5, 5.41) is 3.20. The van der Waals surface area contributed by atoms with E-state index >= 15 is 0 Å². The van der Waals surface area contributed by atoms with Gasteiger partial charge in [-0.05, 0) is 13.8 Å². The first kappa shape index (κ1) is 12.8. The number of thiocarbonyl (C=S) groups is 1. The Balaban J connectivity index is 2.72. The SMILES string of the molecule is COCC(C)(C)Nc1cnc(C(N)=S)cn1.